The van der Waals surface area contributed by atoms with Gasteiger partial charge in [0, 0.05) is 10.0 Å². The summed E-state index contributed by atoms with van der Waals surface area (Å²) in [6, 6.07) is 22.6. The third-order valence-electron chi connectivity index (χ3n) is 4.71. The molecule has 0 spiro atoms. The Kier molecular flexibility index (Phi) is 5.68. The number of nitrogens with zero attached hydrogens (tertiary/aromatic N) is 2. The van der Waals surface area contributed by atoms with E-state index in [1.54, 1.807) is 25.2 Å². The van der Waals surface area contributed by atoms with Gasteiger partial charge in [-0.2, -0.15) is 0 Å². The number of ether oxygens (including phenoxy) is 2. The highest BCUT2D eigenvalue weighted by molar-refractivity contribution is 9.10. The van der Waals surface area contributed by atoms with Crippen LogP contribution >= 0.6 is 15.9 Å². The highest BCUT2D eigenvalue weighted by Crippen LogP contribution is 2.33. The maximum absolute atomic E-state index is 13.5. The first kappa shape index (κ1) is 19.9. The number of amides is 1. The molecule has 0 atom stereocenters. The fourth-order valence-electron chi connectivity index (χ4n) is 3.31. The second-order valence-corrected chi connectivity index (χ2v) is 7.44. The predicted octanol–water partition coefficient (Wildman–Crippen LogP) is 5.30. The molecule has 1 heterocycles. The van der Waals surface area contributed by atoms with Crippen molar-refractivity contribution in [2.45, 2.75) is 0 Å². The summed E-state index contributed by atoms with van der Waals surface area (Å²) in [4.78, 5) is 19.8. The van der Waals surface area contributed by atoms with Crippen molar-refractivity contribution in [3.63, 3.8) is 0 Å². The molecule has 5 nitrogen and oxygen atoms in total. The average molecular weight is 463 g/mol. The molecule has 0 fully saturated rings. The molecule has 30 heavy (non-hydrogen) atoms. The molecule has 3 aromatic rings. The van der Waals surface area contributed by atoms with Crippen molar-refractivity contribution in [2.24, 2.45) is 4.99 Å². The SMILES string of the molecule is COc1ccccc1/C=C1/N=C(c2ccccc2OC)N(c2cccc(Br)c2)C1=O. The molecule has 6 heteroatoms. The number of methoxy groups -OCH3 is 2. The van der Waals surface area contributed by atoms with E-state index < -0.39 is 0 Å². The van der Waals surface area contributed by atoms with Crippen LogP contribution < -0.4 is 14.4 Å². The fourth-order valence-corrected chi connectivity index (χ4v) is 3.70. The Labute approximate surface area is 183 Å². The molecule has 0 saturated heterocycles. The van der Waals surface area contributed by atoms with Gasteiger partial charge in [0.25, 0.3) is 5.91 Å². The van der Waals surface area contributed by atoms with Crippen LogP contribution in [0.15, 0.2) is 88.0 Å². The zero-order chi connectivity index (χ0) is 21.1. The van der Waals surface area contributed by atoms with Crippen molar-refractivity contribution in [1.29, 1.82) is 0 Å². The molecular formula is C24H19BrN2O3. The van der Waals surface area contributed by atoms with Crippen LogP contribution in [0, 0.1) is 0 Å². The number of rotatable bonds is 5. The minimum atomic E-state index is -0.222. The van der Waals surface area contributed by atoms with Crippen molar-refractivity contribution in [3.05, 3.63) is 94.1 Å². The van der Waals surface area contributed by atoms with Crippen LogP contribution in [0.2, 0.25) is 0 Å². The highest BCUT2D eigenvalue weighted by atomic mass is 79.9. The fraction of sp³-hybridized carbons (Fsp3) is 0.0833. The Morgan fingerprint density at radius 2 is 1.60 bits per heavy atom. The first-order valence-electron chi connectivity index (χ1n) is 9.29. The number of amidine groups is 1. The molecule has 0 N–H and O–H groups in total. The zero-order valence-corrected chi connectivity index (χ0v) is 18.1. The molecule has 1 aliphatic rings. The van der Waals surface area contributed by atoms with E-state index in [9.17, 15) is 4.79 Å². The normalized spacial score (nSPS) is 14.8. The lowest BCUT2D eigenvalue weighted by Crippen LogP contribution is -2.32. The van der Waals surface area contributed by atoms with Crippen molar-refractivity contribution in [2.75, 3.05) is 19.1 Å². The summed E-state index contributed by atoms with van der Waals surface area (Å²) in [5, 5.41) is 0. The van der Waals surface area contributed by atoms with Crippen molar-refractivity contribution in [3.8, 4) is 11.5 Å². The number of hydrogen-bond donors (Lipinski definition) is 0. The summed E-state index contributed by atoms with van der Waals surface area (Å²) in [6.45, 7) is 0. The van der Waals surface area contributed by atoms with Crippen molar-refractivity contribution >= 4 is 39.4 Å². The van der Waals surface area contributed by atoms with Crippen LogP contribution in [0.1, 0.15) is 11.1 Å². The molecule has 4 rings (SSSR count). The molecule has 0 bridgehead atoms. The van der Waals surface area contributed by atoms with Crippen LogP contribution in [0.3, 0.4) is 0 Å². The number of aliphatic imine (C=N–C) groups is 1. The summed E-state index contributed by atoms with van der Waals surface area (Å²) >= 11 is 3.49. The molecule has 1 amide bonds. The largest absolute Gasteiger partial charge is 0.496 e. The summed E-state index contributed by atoms with van der Waals surface area (Å²) < 4.78 is 11.8. The van der Waals surface area contributed by atoms with E-state index >= 15 is 0 Å². The van der Waals surface area contributed by atoms with E-state index in [1.807, 2.05) is 72.8 Å². The smallest absolute Gasteiger partial charge is 0.282 e. The lowest BCUT2D eigenvalue weighted by molar-refractivity contribution is -0.113. The Bertz CT molecular complexity index is 1170. The summed E-state index contributed by atoms with van der Waals surface area (Å²) in [5.74, 6) is 1.60. The van der Waals surface area contributed by atoms with Crippen LogP contribution in [0.4, 0.5) is 5.69 Å². The van der Waals surface area contributed by atoms with Crippen LogP contribution in [0.5, 0.6) is 11.5 Å². The highest BCUT2D eigenvalue weighted by Gasteiger charge is 2.34. The number of carbonyl (C=O) groups is 1. The maximum Gasteiger partial charge on any atom is 0.282 e. The lowest BCUT2D eigenvalue weighted by Gasteiger charge is -2.20. The van der Waals surface area contributed by atoms with E-state index in [-0.39, 0.29) is 5.91 Å². The lowest BCUT2D eigenvalue weighted by atomic mass is 10.1. The number of hydrogen-bond acceptors (Lipinski definition) is 4. The van der Waals surface area contributed by atoms with E-state index in [0.29, 0.717) is 28.7 Å². The van der Waals surface area contributed by atoms with Gasteiger partial charge >= 0.3 is 0 Å². The monoisotopic (exact) mass is 462 g/mol. The quantitative estimate of drug-likeness (QED) is 0.483. The van der Waals surface area contributed by atoms with Gasteiger partial charge in [0.05, 0.1) is 25.5 Å². The second kappa shape index (κ2) is 8.55. The number of para-hydroxylation sites is 2. The third-order valence-corrected chi connectivity index (χ3v) is 5.20. The van der Waals surface area contributed by atoms with E-state index in [2.05, 4.69) is 15.9 Å². The topological polar surface area (TPSA) is 51.1 Å². The van der Waals surface area contributed by atoms with E-state index in [1.165, 1.54) is 0 Å². The Morgan fingerprint density at radius 1 is 0.900 bits per heavy atom. The molecular weight excluding hydrogens is 444 g/mol. The Hall–Kier alpha value is -3.38. The molecule has 150 valence electrons. The van der Waals surface area contributed by atoms with Gasteiger partial charge in [0.15, 0.2) is 5.84 Å². The minimum Gasteiger partial charge on any atom is -0.496 e. The third kappa shape index (κ3) is 3.74. The zero-order valence-electron chi connectivity index (χ0n) is 16.5. The van der Waals surface area contributed by atoms with Gasteiger partial charge in [0.2, 0.25) is 0 Å². The van der Waals surface area contributed by atoms with Gasteiger partial charge in [-0.05, 0) is 42.5 Å². The first-order valence-corrected chi connectivity index (χ1v) is 10.1. The summed E-state index contributed by atoms with van der Waals surface area (Å²) in [6.07, 6.45) is 1.74. The number of benzene rings is 3. The second-order valence-electron chi connectivity index (χ2n) is 6.53. The molecule has 0 radical (unpaired) electrons. The minimum absolute atomic E-state index is 0.222. The number of anilines is 1. The molecule has 1 aliphatic heterocycles. The van der Waals surface area contributed by atoms with Gasteiger partial charge < -0.3 is 9.47 Å². The standard InChI is InChI=1S/C24H19BrN2O3/c1-29-21-12-5-3-8-16(21)14-20-24(28)27(18-10-7-9-17(25)15-18)23(26-20)19-11-4-6-13-22(19)30-2/h3-15H,1-2H3/b20-14+. The van der Waals surface area contributed by atoms with Crippen LogP contribution in [-0.2, 0) is 4.79 Å². The number of halogens is 1. The van der Waals surface area contributed by atoms with Crippen molar-refractivity contribution in [1.82, 2.24) is 0 Å². The molecule has 0 aromatic heterocycles. The molecule has 0 aliphatic carbocycles. The molecule has 0 unspecified atom stereocenters. The van der Waals surface area contributed by atoms with Crippen molar-refractivity contribution < 1.29 is 14.3 Å². The Morgan fingerprint density at radius 3 is 2.33 bits per heavy atom. The van der Waals surface area contributed by atoms with Gasteiger partial charge in [-0.3, -0.25) is 9.69 Å². The Balaban J connectivity index is 1.89. The van der Waals surface area contributed by atoms with E-state index in [0.717, 1.165) is 15.6 Å². The predicted molar refractivity (Wildman–Crippen MR) is 122 cm³/mol. The van der Waals surface area contributed by atoms with Crippen LogP contribution in [0.25, 0.3) is 6.08 Å². The van der Waals surface area contributed by atoms with Gasteiger partial charge in [-0.1, -0.05) is 52.3 Å². The van der Waals surface area contributed by atoms with Gasteiger partial charge in [-0.25, -0.2) is 4.99 Å². The van der Waals surface area contributed by atoms with Crippen LogP contribution in [-0.4, -0.2) is 26.0 Å². The van der Waals surface area contributed by atoms with E-state index in [4.69, 9.17) is 14.5 Å². The van der Waals surface area contributed by atoms with Gasteiger partial charge in [-0.15, -0.1) is 0 Å². The molecule has 3 aromatic carbocycles. The average Bonchev–Trinajstić information content (AvgIpc) is 3.10. The molecule has 0 saturated carbocycles. The summed E-state index contributed by atoms with van der Waals surface area (Å²) in [7, 11) is 3.20. The summed E-state index contributed by atoms with van der Waals surface area (Å²) in [5.41, 5.74) is 2.54. The van der Waals surface area contributed by atoms with Gasteiger partial charge in [0.1, 0.15) is 17.2 Å². The number of carbonyl (C=O) groups excluding carboxylic acids is 1. The first-order chi connectivity index (χ1) is 14.6. The maximum atomic E-state index is 13.5.